The van der Waals surface area contributed by atoms with Crippen LogP contribution >= 0.6 is 0 Å². The summed E-state index contributed by atoms with van der Waals surface area (Å²) < 4.78 is 9.62. The zero-order chi connectivity index (χ0) is 9.61. The van der Waals surface area contributed by atoms with E-state index in [1.807, 2.05) is 0 Å². The summed E-state index contributed by atoms with van der Waals surface area (Å²) in [5, 5.41) is 10.8. The van der Waals surface area contributed by atoms with Crippen molar-refractivity contribution in [3.05, 3.63) is 0 Å². The molecule has 0 N–H and O–H groups in total. The van der Waals surface area contributed by atoms with Crippen LogP contribution in [0.2, 0.25) is 0 Å². The van der Waals surface area contributed by atoms with Gasteiger partial charge in [-0.2, -0.15) is 0 Å². The molecule has 0 rings (SSSR count). The molecule has 0 saturated carbocycles. The van der Waals surface area contributed by atoms with Gasteiger partial charge in [0.1, 0.15) is 0 Å². The number of rotatable bonds is 6. The molecule has 0 aromatic carbocycles. The van der Waals surface area contributed by atoms with Crippen LogP contribution in [0.1, 0.15) is 13.3 Å². The second-order valence-electron chi connectivity index (χ2n) is 2.79. The summed E-state index contributed by atoms with van der Waals surface area (Å²) in [5.41, 5.74) is -0.997. The number of ether oxygens (including phenoxy) is 2. The Labute approximate surface area is 101 Å². The van der Waals surface area contributed by atoms with E-state index in [0.29, 0.717) is 6.42 Å². The Hall–Kier alpha value is 0.390. The van der Waals surface area contributed by atoms with Gasteiger partial charge in [-0.05, 0) is 6.42 Å². The maximum absolute atomic E-state index is 10.8. The van der Waals surface area contributed by atoms with Gasteiger partial charge in [0.05, 0.1) is 24.6 Å². The minimum atomic E-state index is -1.12. The van der Waals surface area contributed by atoms with Gasteiger partial charge in [-0.25, -0.2) is 0 Å². The molecule has 0 aliphatic heterocycles. The SMILES string of the molecule is CCC(COC)(COC)C(=O)[O-].[Na+]. The Morgan fingerprint density at radius 3 is 1.85 bits per heavy atom. The molecule has 0 unspecified atom stereocenters. The molecule has 13 heavy (non-hydrogen) atoms. The van der Waals surface area contributed by atoms with Crippen molar-refractivity contribution >= 4 is 5.97 Å². The first-order chi connectivity index (χ1) is 5.63. The molecule has 0 spiro atoms. The Morgan fingerprint density at radius 2 is 1.69 bits per heavy atom. The van der Waals surface area contributed by atoms with Crippen LogP contribution in [-0.4, -0.2) is 33.4 Å². The molecule has 0 amide bonds. The van der Waals surface area contributed by atoms with Crippen LogP contribution in [0.25, 0.3) is 0 Å². The quantitative estimate of drug-likeness (QED) is 0.414. The van der Waals surface area contributed by atoms with Gasteiger partial charge in [0.2, 0.25) is 0 Å². The Balaban J connectivity index is 0. The number of aliphatic carboxylic acids is 1. The number of hydrogen-bond acceptors (Lipinski definition) is 4. The Morgan fingerprint density at radius 1 is 1.31 bits per heavy atom. The minimum Gasteiger partial charge on any atom is -0.549 e. The molecule has 0 heterocycles. The van der Waals surface area contributed by atoms with Crippen LogP contribution in [-0.2, 0) is 14.3 Å². The van der Waals surface area contributed by atoms with Crippen molar-refractivity contribution in [3.8, 4) is 0 Å². The summed E-state index contributed by atoms with van der Waals surface area (Å²) in [7, 11) is 2.92. The van der Waals surface area contributed by atoms with Gasteiger partial charge in [-0.3, -0.25) is 0 Å². The fourth-order valence-corrected chi connectivity index (χ4v) is 1.06. The normalized spacial score (nSPS) is 10.7. The molecule has 0 fully saturated rings. The molecule has 0 aliphatic carbocycles. The topological polar surface area (TPSA) is 58.6 Å². The molecular formula is C8H15NaO4. The molecule has 0 saturated heterocycles. The van der Waals surface area contributed by atoms with E-state index in [2.05, 4.69) is 0 Å². The summed E-state index contributed by atoms with van der Waals surface area (Å²) in [6.45, 7) is 2.02. The van der Waals surface area contributed by atoms with E-state index in [-0.39, 0.29) is 42.8 Å². The van der Waals surface area contributed by atoms with Crippen molar-refractivity contribution in [2.45, 2.75) is 13.3 Å². The average molecular weight is 198 g/mol. The van der Waals surface area contributed by atoms with E-state index < -0.39 is 11.4 Å². The number of carbonyl (C=O) groups is 1. The average Bonchev–Trinajstić information content (AvgIpc) is 2.03. The van der Waals surface area contributed by atoms with Crippen molar-refractivity contribution in [2.75, 3.05) is 27.4 Å². The third-order valence-electron chi connectivity index (χ3n) is 1.95. The maximum Gasteiger partial charge on any atom is 1.00 e. The predicted octanol–water partition coefficient (Wildman–Crippen LogP) is -3.57. The third-order valence-corrected chi connectivity index (χ3v) is 1.95. The molecule has 0 radical (unpaired) electrons. The van der Waals surface area contributed by atoms with Gasteiger partial charge in [0.25, 0.3) is 0 Å². The second kappa shape index (κ2) is 7.76. The minimum absolute atomic E-state index is 0. The molecule has 0 atom stereocenters. The van der Waals surface area contributed by atoms with Crippen LogP contribution in [0.3, 0.4) is 0 Å². The fourth-order valence-electron chi connectivity index (χ4n) is 1.06. The van der Waals surface area contributed by atoms with Crippen molar-refractivity contribution in [2.24, 2.45) is 5.41 Å². The summed E-state index contributed by atoms with van der Waals surface area (Å²) >= 11 is 0. The second-order valence-corrected chi connectivity index (χ2v) is 2.79. The van der Waals surface area contributed by atoms with Crippen LogP contribution in [0.5, 0.6) is 0 Å². The molecular weight excluding hydrogens is 183 g/mol. The maximum atomic E-state index is 10.8. The smallest absolute Gasteiger partial charge is 0.549 e. The summed E-state index contributed by atoms with van der Waals surface area (Å²) in [4.78, 5) is 10.8. The van der Waals surface area contributed by atoms with Gasteiger partial charge in [-0.1, -0.05) is 6.92 Å². The summed E-state index contributed by atoms with van der Waals surface area (Å²) in [6.07, 6.45) is 0.441. The molecule has 0 aromatic heterocycles. The molecule has 0 bridgehead atoms. The van der Waals surface area contributed by atoms with E-state index >= 15 is 0 Å². The Bertz CT molecular complexity index is 143. The number of hydrogen-bond donors (Lipinski definition) is 0. The third kappa shape index (κ3) is 4.42. The van der Waals surface area contributed by atoms with E-state index in [4.69, 9.17) is 9.47 Å². The number of methoxy groups -OCH3 is 2. The predicted molar refractivity (Wildman–Crippen MR) is 41.5 cm³/mol. The molecule has 5 heteroatoms. The molecule has 72 valence electrons. The van der Waals surface area contributed by atoms with Crippen LogP contribution in [0, 0.1) is 5.41 Å². The van der Waals surface area contributed by atoms with E-state index in [1.165, 1.54) is 14.2 Å². The number of carboxylic acid groups (broad SMARTS) is 1. The molecule has 4 nitrogen and oxygen atoms in total. The van der Waals surface area contributed by atoms with Crippen molar-refractivity contribution in [1.82, 2.24) is 0 Å². The van der Waals surface area contributed by atoms with E-state index in [9.17, 15) is 9.90 Å². The van der Waals surface area contributed by atoms with Crippen LogP contribution in [0.4, 0.5) is 0 Å². The van der Waals surface area contributed by atoms with Gasteiger partial charge in [0.15, 0.2) is 0 Å². The van der Waals surface area contributed by atoms with E-state index in [0.717, 1.165) is 0 Å². The zero-order valence-electron chi connectivity index (χ0n) is 8.75. The largest absolute Gasteiger partial charge is 1.00 e. The first kappa shape index (κ1) is 15.8. The van der Waals surface area contributed by atoms with Gasteiger partial charge >= 0.3 is 29.6 Å². The van der Waals surface area contributed by atoms with Gasteiger partial charge in [0, 0.05) is 14.2 Å². The monoisotopic (exact) mass is 198 g/mol. The standard InChI is InChI=1S/C8H16O4.Na/c1-4-8(5-11-2,6-12-3)7(9)10;/h4-6H2,1-3H3,(H,9,10);/q;+1/p-1. The first-order valence-corrected chi connectivity index (χ1v) is 3.82. The fraction of sp³-hybridized carbons (Fsp3) is 0.875. The van der Waals surface area contributed by atoms with Crippen molar-refractivity contribution < 1.29 is 48.9 Å². The van der Waals surface area contributed by atoms with Gasteiger partial charge < -0.3 is 19.4 Å². The summed E-state index contributed by atoms with van der Waals surface area (Å²) in [5.74, 6) is -1.12. The summed E-state index contributed by atoms with van der Waals surface area (Å²) in [6, 6.07) is 0. The molecule has 0 aromatic rings. The van der Waals surface area contributed by atoms with Gasteiger partial charge in [-0.15, -0.1) is 0 Å². The van der Waals surface area contributed by atoms with E-state index in [1.54, 1.807) is 6.92 Å². The number of carbonyl (C=O) groups excluding carboxylic acids is 1. The molecule has 0 aliphatic rings. The number of carboxylic acids is 1. The van der Waals surface area contributed by atoms with Crippen LogP contribution in [0.15, 0.2) is 0 Å². The van der Waals surface area contributed by atoms with Crippen LogP contribution < -0.4 is 34.7 Å². The zero-order valence-corrected chi connectivity index (χ0v) is 10.8. The van der Waals surface area contributed by atoms with Crippen molar-refractivity contribution in [3.63, 3.8) is 0 Å². The van der Waals surface area contributed by atoms with Crippen molar-refractivity contribution in [1.29, 1.82) is 0 Å². The Kier molecular flexibility index (Phi) is 9.46. The first-order valence-electron chi connectivity index (χ1n) is 3.82.